The molecule has 2 N–H and O–H groups in total. The number of nitrogens with one attached hydrogen (secondary N) is 1. The lowest BCUT2D eigenvalue weighted by Crippen LogP contribution is -2.37. The molecule has 0 saturated heterocycles. The first-order valence-corrected chi connectivity index (χ1v) is 6.48. The molecule has 0 aliphatic carbocycles. The second-order valence-corrected chi connectivity index (χ2v) is 3.10. The van der Waals surface area contributed by atoms with Gasteiger partial charge in [-0.15, -0.1) is 0 Å². The zero-order valence-corrected chi connectivity index (χ0v) is 11.6. The molecule has 4 nitrogen and oxygen atoms in total. The molecule has 102 valence electrons. The summed E-state index contributed by atoms with van der Waals surface area (Å²) in [7, 11) is 0. The topological polar surface area (TPSA) is 58.6 Å². The minimum Gasteiger partial charge on any atom is -0.478 e. The summed E-state index contributed by atoms with van der Waals surface area (Å²) in [4.78, 5) is 11.4. The molecule has 1 aromatic rings. The lowest BCUT2D eigenvalue weighted by molar-refractivity contribution is -0.124. The van der Waals surface area contributed by atoms with Crippen molar-refractivity contribution in [3.63, 3.8) is 0 Å². The van der Waals surface area contributed by atoms with Gasteiger partial charge in [0.25, 0.3) is 5.91 Å². The average molecular weight is 253 g/mol. The summed E-state index contributed by atoms with van der Waals surface area (Å²) in [6, 6.07) is 7.24. The first-order valence-electron chi connectivity index (χ1n) is 6.48. The Hall–Kier alpha value is -1.55. The molecule has 18 heavy (non-hydrogen) atoms. The van der Waals surface area contributed by atoms with Gasteiger partial charge in [-0.25, -0.2) is 0 Å². The zero-order valence-electron chi connectivity index (χ0n) is 11.6. The van der Waals surface area contributed by atoms with E-state index in [0.29, 0.717) is 17.9 Å². The predicted octanol–water partition coefficient (Wildman–Crippen LogP) is 2.82. The number of benzene rings is 1. The Bertz CT molecular complexity index is 353. The molecular formula is C14H23NO3. The van der Waals surface area contributed by atoms with Crippen LogP contribution >= 0.6 is 0 Å². The Morgan fingerprint density at radius 3 is 2.44 bits per heavy atom. The van der Waals surface area contributed by atoms with Crippen molar-refractivity contribution in [1.82, 2.24) is 0 Å². The summed E-state index contributed by atoms with van der Waals surface area (Å²) >= 11 is 0. The molecule has 1 aliphatic heterocycles. The predicted molar refractivity (Wildman–Crippen MR) is 73.9 cm³/mol. The lowest BCUT2D eigenvalue weighted by Gasteiger charge is -2.25. The smallest absolute Gasteiger partial charge is 0.265 e. The molecule has 1 aliphatic rings. The average Bonchev–Trinajstić information content (AvgIpc) is 2.44. The monoisotopic (exact) mass is 253 g/mol. The Balaban J connectivity index is 0.000000659. The normalized spacial score (nSPS) is 15.8. The van der Waals surface area contributed by atoms with Crippen molar-refractivity contribution in [1.29, 1.82) is 0 Å². The number of aliphatic hydroxyl groups is 1. The van der Waals surface area contributed by atoms with Crippen molar-refractivity contribution < 1.29 is 14.6 Å². The highest BCUT2D eigenvalue weighted by Crippen LogP contribution is 2.29. The highest BCUT2D eigenvalue weighted by atomic mass is 16.5. The van der Waals surface area contributed by atoms with Gasteiger partial charge in [0.15, 0.2) is 6.10 Å². The van der Waals surface area contributed by atoms with Crippen LogP contribution in [-0.2, 0) is 4.79 Å². The molecule has 0 radical (unpaired) electrons. The number of rotatable bonds is 2. The number of para-hydroxylation sites is 2. The molecule has 0 bridgehead atoms. The van der Waals surface area contributed by atoms with Crippen molar-refractivity contribution in [3.8, 4) is 5.75 Å². The molecule has 1 heterocycles. The Morgan fingerprint density at radius 1 is 1.22 bits per heavy atom. The Kier molecular flexibility index (Phi) is 8.66. The molecule has 4 heteroatoms. The minimum absolute atomic E-state index is 0.0553. The molecule has 1 unspecified atom stereocenters. The number of carbonyl (C=O) groups excluding carboxylic acids is 1. The lowest BCUT2D eigenvalue weighted by atomic mass is 10.2. The third kappa shape index (κ3) is 4.37. The Morgan fingerprint density at radius 2 is 1.83 bits per heavy atom. The standard InChI is InChI=1S/C10H11NO3.2C2H6/c12-6-5-9-10(13)11-7-3-1-2-4-8(7)14-9;2*1-2/h1-4,9,12H,5-6H2,(H,11,13);2*1-2H3. The number of fused-ring (bicyclic) bond motifs is 1. The number of hydrogen-bond acceptors (Lipinski definition) is 3. The van der Waals surface area contributed by atoms with Gasteiger partial charge in [0.1, 0.15) is 5.75 Å². The molecule has 2 rings (SSSR count). The fourth-order valence-electron chi connectivity index (χ4n) is 1.40. The molecular weight excluding hydrogens is 230 g/mol. The van der Waals surface area contributed by atoms with Crippen LogP contribution in [0.2, 0.25) is 0 Å². The Labute approximate surface area is 109 Å². The van der Waals surface area contributed by atoms with E-state index in [1.807, 2.05) is 39.8 Å². The van der Waals surface area contributed by atoms with Crippen LogP contribution in [0.25, 0.3) is 0 Å². The number of aliphatic hydroxyl groups excluding tert-OH is 1. The minimum atomic E-state index is -0.574. The van der Waals surface area contributed by atoms with Crippen molar-refractivity contribution in [2.24, 2.45) is 0 Å². The van der Waals surface area contributed by atoms with Gasteiger partial charge in [-0.2, -0.15) is 0 Å². The number of ether oxygens (including phenoxy) is 1. The maximum atomic E-state index is 11.4. The van der Waals surface area contributed by atoms with Crippen molar-refractivity contribution in [3.05, 3.63) is 24.3 Å². The van der Waals surface area contributed by atoms with Crippen molar-refractivity contribution >= 4 is 11.6 Å². The molecule has 1 amide bonds. The van der Waals surface area contributed by atoms with E-state index in [0.717, 1.165) is 0 Å². The van der Waals surface area contributed by atoms with Crippen LogP contribution in [0.1, 0.15) is 34.1 Å². The molecule has 1 aromatic carbocycles. The number of carbonyl (C=O) groups is 1. The highest BCUT2D eigenvalue weighted by molar-refractivity contribution is 5.97. The summed E-state index contributed by atoms with van der Waals surface area (Å²) in [6.07, 6.45) is -0.255. The van der Waals surface area contributed by atoms with E-state index in [9.17, 15) is 4.79 Å². The van der Waals surface area contributed by atoms with Crippen LogP contribution in [0.4, 0.5) is 5.69 Å². The summed E-state index contributed by atoms with van der Waals surface area (Å²) in [5, 5.41) is 11.4. The summed E-state index contributed by atoms with van der Waals surface area (Å²) in [6.45, 7) is 7.94. The second-order valence-electron chi connectivity index (χ2n) is 3.10. The SMILES string of the molecule is CC.CC.O=C1Nc2ccccc2OC1CCO. The third-order valence-corrected chi connectivity index (χ3v) is 2.10. The van der Waals surface area contributed by atoms with Gasteiger partial charge in [-0.3, -0.25) is 4.79 Å². The van der Waals surface area contributed by atoms with Crippen LogP contribution in [0.3, 0.4) is 0 Å². The third-order valence-electron chi connectivity index (χ3n) is 2.10. The highest BCUT2D eigenvalue weighted by Gasteiger charge is 2.26. The summed E-state index contributed by atoms with van der Waals surface area (Å²) in [5.41, 5.74) is 0.687. The van der Waals surface area contributed by atoms with Gasteiger partial charge in [0.05, 0.1) is 5.69 Å². The van der Waals surface area contributed by atoms with Crippen LogP contribution in [-0.4, -0.2) is 23.7 Å². The molecule has 0 saturated carbocycles. The molecule has 1 atom stereocenters. The maximum absolute atomic E-state index is 11.4. The summed E-state index contributed by atoms with van der Waals surface area (Å²) in [5.74, 6) is 0.461. The number of hydrogen-bond donors (Lipinski definition) is 2. The molecule has 0 aromatic heterocycles. The maximum Gasteiger partial charge on any atom is 0.265 e. The molecule has 0 fully saturated rings. The first-order chi connectivity index (χ1) is 8.81. The zero-order chi connectivity index (χ0) is 14.0. The van der Waals surface area contributed by atoms with E-state index >= 15 is 0 Å². The van der Waals surface area contributed by atoms with Gasteiger partial charge in [0, 0.05) is 13.0 Å². The fraction of sp³-hybridized carbons (Fsp3) is 0.500. The van der Waals surface area contributed by atoms with E-state index in [2.05, 4.69) is 5.32 Å². The van der Waals surface area contributed by atoms with Crippen molar-refractivity contribution in [2.75, 3.05) is 11.9 Å². The summed E-state index contributed by atoms with van der Waals surface area (Å²) < 4.78 is 5.41. The van der Waals surface area contributed by atoms with Gasteiger partial charge >= 0.3 is 0 Å². The van der Waals surface area contributed by atoms with E-state index in [1.54, 1.807) is 12.1 Å². The fourth-order valence-corrected chi connectivity index (χ4v) is 1.40. The van der Waals surface area contributed by atoms with Crippen LogP contribution in [0.15, 0.2) is 24.3 Å². The quantitative estimate of drug-likeness (QED) is 0.852. The largest absolute Gasteiger partial charge is 0.478 e. The van der Waals surface area contributed by atoms with Gasteiger partial charge < -0.3 is 15.2 Å². The number of amides is 1. The first kappa shape index (κ1) is 16.4. The van der Waals surface area contributed by atoms with E-state index in [4.69, 9.17) is 9.84 Å². The van der Waals surface area contributed by atoms with Gasteiger partial charge in [0.2, 0.25) is 0 Å². The second kappa shape index (κ2) is 9.48. The molecule has 0 spiro atoms. The van der Waals surface area contributed by atoms with Crippen LogP contribution < -0.4 is 10.1 Å². The van der Waals surface area contributed by atoms with Crippen molar-refractivity contribution in [2.45, 2.75) is 40.2 Å². The van der Waals surface area contributed by atoms with Crippen LogP contribution in [0.5, 0.6) is 5.75 Å². The van der Waals surface area contributed by atoms with E-state index in [-0.39, 0.29) is 12.5 Å². The van der Waals surface area contributed by atoms with E-state index in [1.165, 1.54) is 0 Å². The van der Waals surface area contributed by atoms with Crippen LogP contribution in [0, 0.1) is 0 Å². The van der Waals surface area contributed by atoms with Gasteiger partial charge in [-0.05, 0) is 12.1 Å². The number of anilines is 1. The van der Waals surface area contributed by atoms with E-state index < -0.39 is 6.10 Å². The van der Waals surface area contributed by atoms with Gasteiger partial charge in [-0.1, -0.05) is 39.8 Å².